The van der Waals surface area contributed by atoms with E-state index in [0.717, 1.165) is 48.2 Å². The first-order chi connectivity index (χ1) is 13.2. The lowest BCUT2D eigenvalue weighted by Gasteiger charge is -2.16. The van der Waals surface area contributed by atoms with E-state index in [1.165, 1.54) is 5.56 Å². The molecule has 0 atom stereocenters. The maximum Gasteiger partial charge on any atom is 0.227 e. The van der Waals surface area contributed by atoms with Crippen LogP contribution in [0.1, 0.15) is 24.0 Å². The van der Waals surface area contributed by atoms with Gasteiger partial charge in [-0.15, -0.1) is 24.0 Å². The van der Waals surface area contributed by atoms with E-state index in [9.17, 15) is 4.79 Å². The number of aliphatic imine (C=N–C) groups is 1. The molecule has 0 bridgehead atoms. The van der Waals surface area contributed by atoms with Crippen molar-refractivity contribution in [3.8, 4) is 0 Å². The standard InChI is InChI=1S/C21H25ClN4O.HI/c1-23-21(24-13-12-16-4-8-18(22)9-5-16)25-15-17-6-10-19(11-7-17)26-14-2-3-20(26)27;/h4-11H,2-3,12-15H2,1H3,(H2,23,24,25);1H. The molecule has 0 aromatic heterocycles. The first-order valence-corrected chi connectivity index (χ1v) is 9.62. The average molecular weight is 513 g/mol. The van der Waals surface area contributed by atoms with Gasteiger partial charge in [-0.25, -0.2) is 0 Å². The molecule has 150 valence electrons. The molecular weight excluding hydrogens is 487 g/mol. The molecule has 7 heteroatoms. The smallest absolute Gasteiger partial charge is 0.227 e. The largest absolute Gasteiger partial charge is 0.356 e. The van der Waals surface area contributed by atoms with Crippen molar-refractivity contribution in [2.24, 2.45) is 4.99 Å². The second-order valence-corrected chi connectivity index (χ2v) is 6.98. The van der Waals surface area contributed by atoms with Crippen LogP contribution >= 0.6 is 35.6 Å². The summed E-state index contributed by atoms with van der Waals surface area (Å²) < 4.78 is 0. The van der Waals surface area contributed by atoms with Crippen LogP contribution in [0.5, 0.6) is 0 Å². The molecule has 2 aromatic rings. The van der Waals surface area contributed by atoms with Gasteiger partial charge in [0.05, 0.1) is 0 Å². The van der Waals surface area contributed by atoms with E-state index in [0.29, 0.717) is 13.0 Å². The Hall–Kier alpha value is -1.80. The van der Waals surface area contributed by atoms with Gasteiger partial charge in [0.15, 0.2) is 5.96 Å². The third-order valence-electron chi connectivity index (χ3n) is 4.62. The quantitative estimate of drug-likeness (QED) is 0.350. The predicted octanol–water partition coefficient (Wildman–Crippen LogP) is 3.99. The van der Waals surface area contributed by atoms with Crippen molar-refractivity contribution in [3.05, 3.63) is 64.7 Å². The molecular formula is C21H26ClIN4O. The highest BCUT2D eigenvalue weighted by atomic mass is 127. The molecule has 0 unspecified atom stereocenters. The van der Waals surface area contributed by atoms with Crippen LogP contribution in [0.3, 0.4) is 0 Å². The number of carbonyl (C=O) groups excluding carboxylic acids is 1. The lowest BCUT2D eigenvalue weighted by Crippen LogP contribution is -2.37. The maximum atomic E-state index is 11.8. The van der Waals surface area contributed by atoms with Crippen molar-refractivity contribution in [2.75, 3.05) is 25.0 Å². The van der Waals surface area contributed by atoms with E-state index in [-0.39, 0.29) is 29.9 Å². The van der Waals surface area contributed by atoms with Crippen LogP contribution in [0.2, 0.25) is 5.02 Å². The number of hydrogen-bond acceptors (Lipinski definition) is 2. The molecule has 1 saturated heterocycles. The number of benzene rings is 2. The fraction of sp³-hybridized carbons (Fsp3) is 0.333. The van der Waals surface area contributed by atoms with Gasteiger partial charge < -0.3 is 15.5 Å². The molecule has 1 aliphatic heterocycles. The third-order valence-corrected chi connectivity index (χ3v) is 4.88. The first-order valence-electron chi connectivity index (χ1n) is 9.24. The third kappa shape index (κ3) is 6.38. The summed E-state index contributed by atoms with van der Waals surface area (Å²) in [5.74, 6) is 0.980. The number of anilines is 1. The highest BCUT2D eigenvalue weighted by molar-refractivity contribution is 14.0. The van der Waals surface area contributed by atoms with E-state index in [2.05, 4.69) is 27.8 Å². The molecule has 1 fully saturated rings. The number of nitrogens with one attached hydrogen (secondary N) is 2. The van der Waals surface area contributed by atoms with Crippen molar-refractivity contribution in [2.45, 2.75) is 25.8 Å². The normalized spacial score (nSPS) is 14.0. The highest BCUT2D eigenvalue weighted by Gasteiger charge is 2.21. The van der Waals surface area contributed by atoms with Gasteiger partial charge in [0.1, 0.15) is 0 Å². The van der Waals surface area contributed by atoms with Crippen LogP contribution in [-0.2, 0) is 17.8 Å². The molecule has 0 spiro atoms. The fourth-order valence-electron chi connectivity index (χ4n) is 3.10. The van der Waals surface area contributed by atoms with Crippen LogP contribution in [0.15, 0.2) is 53.5 Å². The van der Waals surface area contributed by atoms with Crippen LogP contribution in [0.4, 0.5) is 5.69 Å². The Morgan fingerprint density at radius 3 is 2.36 bits per heavy atom. The van der Waals surface area contributed by atoms with Gasteiger partial charge in [0, 0.05) is 43.8 Å². The summed E-state index contributed by atoms with van der Waals surface area (Å²) >= 11 is 5.91. The molecule has 5 nitrogen and oxygen atoms in total. The van der Waals surface area contributed by atoms with E-state index in [1.807, 2.05) is 41.3 Å². The molecule has 0 radical (unpaired) electrons. The number of carbonyl (C=O) groups is 1. The van der Waals surface area contributed by atoms with Crippen LogP contribution in [0.25, 0.3) is 0 Å². The lowest BCUT2D eigenvalue weighted by molar-refractivity contribution is -0.117. The van der Waals surface area contributed by atoms with E-state index in [4.69, 9.17) is 11.6 Å². The second kappa shape index (κ2) is 11.3. The Morgan fingerprint density at radius 1 is 1.07 bits per heavy atom. The molecule has 0 aliphatic carbocycles. The fourth-order valence-corrected chi connectivity index (χ4v) is 3.22. The minimum Gasteiger partial charge on any atom is -0.356 e. The summed E-state index contributed by atoms with van der Waals surface area (Å²) in [6, 6.07) is 16.0. The summed E-state index contributed by atoms with van der Waals surface area (Å²) in [4.78, 5) is 17.9. The van der Waals surface area contributed by atoms with Crippen molar-refractivity contribution in [3.63, 3.8) is 0 Å². The van der Waals surface area contributed by atoms with Gasteiger partial charge in [-0.2, -0.15) is 0 Å². The number of hydrogen-bond donors (Lipinski definition) is 2. The van der Waals surface area contributed by atoms with Crippen molar-refractivity contribution >= 4 is 53.1 Å². The minimum atomic E-state index is 0. The number of halogens is 2. The molecule has 2 aromatic carbocycles. The van der Waals surface area contributed by atoms with E-state index >= 15 is 0 Å². The second-order valence-electron chi connectivity index (χ2n) is 6.54. The minimum absolute atomic E-state index is 0. The zero-order valence-electron chi connectivity index (χ0n) is 16.0. The van der Waals surface area contributed by atoms with Gasteiger partial charge in [-0.3, -0.25) is 9.79 Å². The molecule has 2 N–H and O–H groups in total. The van der Waals surface area contributed by atoms with Gasteiger partial charge >= 0.3 is 0 Å². The predicted molar refractivity (Wildman–Crippen MR) is 127 cm³/mol. The van der Waals surface area contributed by atoms with Crippen LogP contribution < -0.4 is 15.5 Å². The summed E-state index contributed by atoms with van der Waals surface area (Å²) in [7, 11) is 1.76. The van der Waals surface area contributed by atoms with Crippen molar-refractivity contribution < 1.29 is 4.79 Å². The van der Waals surface area contributed by atoms with Crippen LogP contribution in [0, 0.1) is 0 Å². The van der Waals surface area contributed by atoms with Crippen molar-refractivity contribution in [1.82, 2.24) is 10.6 Å². The Labute approximate surface area is 188 Å². The lowest BCUT2D eigenvalue weighted by atomic mass is 10.1. The SMILES string of the molecule is CN=C(NCCc1ccc(Cl)cc1)NCc1ccc(N2CCCC2=O)cc1.I. The van der Waals surface area contributed by atoms with Gasteiger partial charge in [-0.05, 0) is 48.2 Å². The monoisotopic (exact) mass is 512 g/mol. The molecule has 1 heterocycles. The maximum absolute atomic E-state index is 11.8. The first kappa shape index (κ1) is 22.5. The summed E-state index contributed by atoms with van der Waals surface area (Å²) in [5, 5.41) is 7.39. The number of nitrogens with zero attached hydrogens (tertiary/aromatic N) is 2. The zero-order chi connectivity index (χ0) is 19.1. The molecule has 1 aliphatic rings. The Balaban J connectivity index is 0.00000280. The molecule has 28 heavy (non-hydrogen) atoms. The topological polar surface area (TPSA) is 56.7 Å². The zero-order valence-corrected chi connectivity index (χ0v) is 19.0. The summed E-state index contributed by atoms with van der Waals surface area (Å²) in [6.07, 6.45) is 2.50. The Bertz CT molecular complexity index is 793. The van der Waals surface area contributed by atoms with Gasteiger partial charge in [0.2, 0.25) is 5.91 Å². The Kier molecular flexibility index (Phi) is 9.05. The number of rotatable bonds is 6. The number of guanidine groups is 1. The van der Waals surface area contributed by atoms with Crippen LogP contribution in [-0.4, -0.2) is 32.0 Å². The molecule has 3 rings (SSSR count). The van der Waals surface area contributed by atoms with Crippen molar-refractivity contribution in [1.29, 1.82) is 0 Å². The van der Waals surface area contributed by atoms with E-state index < -0.39 is 0 Å². The Morgan fingerprint density at radius 2 is 1.75 bits per heavy atom. The van der Waals surface area contributed by atoms with E-state index in [1.54, 1.807) is 7.05 Å². The summed E-state index contributed by atoms with van der Waals surface area (Å²) in [6.45, 7) is 2.28. The highest BCUT2D eigenvalue weighted by Crippen LogP contribution is 2.21. The average Bonchev–Trinajstić information content (AvgIpc) is 3.12. The molecule has 1 amide bonds. The van der Waals surface area contributed by atoms with Gasteiger partial charge in [-0.1, -0.05) is 35.9 Å². The summed E-state index contributed by atoms with van der Waals surface area (Å²) in [5.41, 5.74) is 3.35. The molecule has 0 saturated carbocycles. The number of amides is 1. The van der Waals surface area contributed by atoms with Gasteiger partial charge in [0.25, 0.3) is 0 Å².